The van der Waals surface area contributed by atoms with Crippen LogP contribution in [0.25, 0.3) is 0 Å². The Morgan fingerprint density at radius 1 is 1.44 bits per heavy atom. The highest BCUT2D eigenvalue weighted by Crippen LogP contribution is 2.30. The molecule has 1 aromatic rings. The van der Waals surface area contributed by atoms with Gasteiger partial charge in [0.25, 0.3) is 0 Å². The molecular weight excluding hydrogens is 226 g/mol. The maximum atomic E-state index is 8.84. The summed E-state index contributed by atoms with van der Waals surface area (Å²) in [6.45, 7) is 6.62. The summed E-state index contributed by atoms with van der Waals surface area (Å²) in [5.74, 6) is 1.61. The largest absolute Gasteiger partial charge is 0.409 e. The minimum absolute atomic E-state index is 0.179. The van der Waals surface area contributed by atoms with E-state index in [4.69, 9.17) is 10.9 Å². The summed E-state index contributed by atoms with van der Waals surface area (Å²) in [5, 5.41) is 12.0. The summed E-state index contributed by atoms with van der Waals surface area (Å²) in [5.41, 5.74) is 7.61. The minimum atomic E-state index is 0.179. The second kappa shape index (κ2) is 5.29. The van der Waals surface area contributed by atoms with Crippen LogP contribution in [0.2, 0.25) is 0 Å². The monoisotopic (exact) mass is 247 g/mol. The van der Waals surface area contributed by atoms with Crippen LogP contribution in [0.15, 0.2) is 29.4 Å². The maximum Gasteiger partial charge on any atom is 0.172 e. The van der Waals surface area contributed by atoms with Crippen LogP contribution in [-0.4, -0.2) is 24.1 Å². The standard InChI is InChI=1S/C14H21N3O/c1-10(2)11-7-8-17(9-11)13-6-4-3-5-12(13)14(15)16-18/h3-6,10-11,18H,7-9H2,1-2H3,(H2,15,16). The Morgan fingerprint density at radius 2 is 2.17 bits per heavy atom. The van der Waals surface area contributed by atoms with Crippen LogP contribution in [0.5, 0.6) is 0 Å². The van der Waals surface area contributed by atoms with Gasteiger partial charge in [0.15, 0.2) is 5.84 Å². The molecule has 0 radical (unpaired) electrons. The molecule has 1 aromatic carbocycles. The molecule has 2 rings (SSSR count). The average molecular weight is 247 g/mol. The van der Waals surface area contributed by atoms with E-state index in [9.17, 15) is 0 Å². The van der Waals surface area contributed by atoms with Crippen molar-refractivity contribution in [1.29, 1.82) is 0 Å². The van der Waals surface area contributed by atoms with Gasteiger partial charge in [-0.05, 0) is 30.4 Å². The van der Waals surface area contributed by atoms with E-state index in [1.165, 1.54) is 6.42 Å². The summed E-state index contributed by atoms with van der Waals surface area (Å²) in [7, 11) is 0. The lowest BCUT2D eigenvalue weighted by Gasteiger charge is -2.22. The lowest BCUT2D eigenvalue weighted by Crippen LogP contribution is -2.25. The average Bonchev–Trinajstić information content (AvgIpc) is 2.87. The summed E-state index contributed by atoms with van der Waals surface area (Å²) in [6.07, 6.45) is 1.21. The number of nitrogens with zero attached hydrogens (tertiary/aromatic N) is 2. The third kappa shape index (κ3) is 2.42. The number of oxime groups is 1. The summed E-state index contributed by atoms with van der Waals surface area (Å²) < 4.78 is 0. The van der Waals surface area contributed by atoms with Gasteiger partial charge >= 0.3 is 0 Å². The zero-order valence-electron chi connectivity index (χ0n) is 11.0. The first kappa shape index (κ1) is 12.7. The van der Waals surface area contributed by atoms with Gasteiger partial charge in [0.1, 0.15) is 0 Å². The third-order valence-electron chi connectivity index (χ3n) is 3.80. The quantitative estimate of drug-likeness (QED) is 0.373. The van der Waals surface area contributed by atoms with Crippen molar-refractivity contribution in [2.45, 2.75) is 20.3 Å². The highest BCUT2D eigenvalue weighted by molar-refractivity contribution is 6.02. The fourth-order valence-electron chi connectivity index (χ4n) is 2.57. The van der Waals surface area contributed by atoms with Crippen LogP contribution in [0.3, 0.4) is 0 Å². The number of hydrogen-bond acceptors (Lipinski definition) is 3. The van der Waals surface area contributed by atoms with Crippen molar-refractivity contribution in [3.8, 4) is 0 Å². The fourth-order valence-corrected chi connectivity index (χ4v) is 2.57. The van der Waals surface area contributed by atoms with E-state index in [0.717, 1.165) is 30.3 Å². The highest BCUT2D eigenvalue weighted by Gasteiger charge is 2.26. The van der Waals surface area contributed by atoms with E-state index >= 15 is 0 Å². The molecule has 0 aliphatic carbocycles. The number of rotatable bonds is 3. The SMILES string of the molecule is CC(C)C1CCN(c2ccccc2/C(N)=N/O)C1. The first-order chi connectivity index (χ1) is 8.63. The Morgan fingerprint density at radius 3 is 2.78 bits per heavy atom. The molecule has 1 aliphatic rings. The van der Waals surface area contributed by atoms with Crippen molar-refractivity contribution < 1.29 is 5.21 Å². The van der Waals surface area contributed by atoms with Crippen LogP contribution in [0, 0.1) is 11.8 Å². The van der Waals surface area contributed by atoms with E-state index in [1.807, 2.05) is 24.3 Å². The topological polar surface area (TPSA) is 61.8 Å². The molecule has 98 valence electrons. The Kier molecular flexibility index (Phi) is 3.75. The molecule has 1 heterocycles. The predicted octanol–water partition coefficient (Wildman–Crippen LogP) is 2.26. The molecule has 4 nitrogen and oxygen atoms in total. The summed E-state index contributed by atoms with van der Waals surface area (Å²) >= 11 is 0. The fraction of sp³-hybridized carbons (Fsp3) is 0.500. The molecule has 3 N–H and O–H groups in total. The summed E-state index contributed by atoms with van der Waals surface area (Å²) in [4.78, 5) is 2.33. The van der Waals surface area contributed by atoms with E-state index < -0.39 is 0 Å². The van der Waals surface area contributed by atoms with Crippen molar-refractivity contribution >= 4 is 11.5 Å². The zero-order chi connectivity index (χ0) is 13.1. The molecular formula is C14H21N3O. The van der Waals surface area contributed by atoms with Gasteiger partial charge in [0.2, 0.25) is 0 Å². The van der Waals surface area contributed by atoms with Crippen molar-refractivity contribution in [3.05, 3.63) is 29.8 Å². The lowest BCUT2D eigenvalue weighted by molar-refractivity contribution is 0.318. The second-order valence-electron chi connectivity index (χ2n) is 5.24. The molecule has 0 amide bonds. The van der Waals surface area contributed by atoms with E-state index in [1.54, 1.807) is 0 Å². The lowest BCUT2D eigenvalue weighted by atomic mass is 9.95. The number of anilines is 1. The van der Waals surface area contributed by atoms with Crippen LogP contribution in [0.1, 0.15) is 25.8 Å². The van der Waals surface area contributed by atoms with Crippen molar-refractivity contribution in [3.63, 3.8) is 0 Å². The van der Waals surface area contributed by atoms with Gasteiger partial charge in [-0.25, -0.2) is 0 Å². The zero-order valence-corrected chi connectivity index (χ0v) is 11.0. The Bertz CT molecular complexity index is 442. The molecule has 1 atom stereocenters. The van der Waals surface area contributed by atoms with Gasteiger partial charge in [-0.1, -0.05) is 31.1 Å². The first-order valence-corrected chi connectivity index (χ1v) is 6.45. The molecule has 18 heavy (non-hydrogen) atoms. The maximum absolute atomic E-state index is 8.84. The number of nitrogens with two attached hydrogens (primary N) is 1. The molecule has 1 fully saturated rings. The smallest absolute Gasteiger partial charge is 0.172 e. The Balaban J connectivity index is 2.25. The van der Waals surface area contributed by atoms with Crippen molar-refractivity contribution in [1.82, 2.24) is 0 Å². The number of benzene rings is 1. The van der Waals surface area contributed by atoms with Gasteiger partial charge < -0.3 is 15.8 Å². The van der Waals surface area contributed by atoms with Crippen LogP contribution in [-0.2, 0) is 0 Å². The molecule has 0 bridgehead atoms. The third-order valence-corrected chi connectivity index (χ3v) is 3.80. The van der Waals surface area contributed by atoms with Crippen molar-refractivity contribution in [2.24, 2.45) is 22.7 Å². The van der Waals surface area contributed by atoms with Crippen molar-refractivity contribution in [2.75, 3.05) is 18.0 Å². The minimum Gasteiger partial charge on any atom is -0.409 e. The second-order valence-corrected chi connectivity index (χ2v) is 5.24. The van der Waals surface area contributed by atoms with Gasteiger partial charge in [-0.3, -0.25) is 0 Å². The van der Waals surface area contributed by atoms with Gasteiger partial charge in [0.05, 0.1) is 0 Å². The highest BCUT2D eigenvalue weighted by atomic mass is 16.4. The molecule has 1 unspecified atom stereocenters. The van der Waals surface area contributed by atoms with E-state index in [0.29, 0.717) is 5.92 Å². The normalized spacial score (nSPS) is 20.7. The Labute approximate surface area is 108 Å². The number of hydrogen-bond donors (Lipinski definition) is 2. The summed E-state index contributed by atoms with van der Waals surface area (Å²) in [6, 6.07) is 7.84. The van der Waals surface area contributed by atoms with E-state index in [-0.39, 0.29) is 5.84 Å². The molecule has 1 saturated heterocycles. The molecule has 1 aliphatic heterocycles. The molecule has 0 spiro atoms. The molecule has 4 heteroatoms. The van der Waals surface area contributed by atoms with E-state index in [2.05, 4.69) is 23.9 Å². The van der Waals surface area contributed by atoms with Crippen LogP contribution in [0.4, 0.5) is 5.69 Å². The number of amidine groups is 1. The van der Waals surface area contributed by atoms with Gasteiger partial charge in [-0.15, -0.1) is 0 Å². The number of para-hydroxylation sites is 1. The molecule has 0 saturated carbocycles. The Hall–Kier alpha value is -1.71. The van der Waals surface area contributed by atoms with Gasteiger partial charge in [-0.2, -0.15) is 0 Å². The van der Waals surface area contributed by atoms with Gasteiger partial charge in [0, 0.05) is 24.3 Å². The predicted molar refractivity (Wildman–Crippen MR) is 74.1 cm³/mol. The first-order valence-electron chi connectivity index (χ1n) is 6.45. The van der Waals surface area contributed by atoms with Crippen LogP contribution < -0.4 is 10.6 Å². The molecule has 0 aromatic heterocycles. The van der Waals surface area contributed by atoms with Crippen LogP contribution >= 0.6 is 0 Å².